The molecule has 0 atom stereocenters. The summed E-state index contributed by atoms with van der Waals surface area (Å²) in [4.78, 5) is 0. The highest BCUT2D eigenvalue weighted by atomic mass is 35.5. The Hall–Kier alpha value is -2.57. The molecule has 128 valence electrons. The molecular formula is C18H17ClN4OS. The van der Waals surface area contributed by atoms with Crippen LogP contribution in [0.25, 0.3) is 0 Å². The molecule has 0 amide bonds. The fourth-order valence-electron chi connectivity index (χ4n) is 2.29. The van der Waals surface area contributed by atoms with Crippen LogP contribution in [0, 0.1) is 0 Å². The summed E-state index contributed by atoms with van der Waals surface area (Å²) in [5.41, 5.74) is 2.79. The maximum atomic E-state index is 5.90. The Morgan fingerprint density at radius 1 is 1.16 bits per heavy atom. The van der Waals surface area contributed by atoms with E-state index in [0.717, 1.165) is 27.7 Å². The second kappa shape index (κ2) is 8.00. The number of nitrogens with zero attached hydrogens (tertiary/aromatic N) is 2. The molecule has 3 rings (SSSR count). The zero-order chi connectivity index (χ0) is 17.6. The average Bonchev–Trinajstić information content (AvgIpc) is 3.04. The first kappa shape index (κ1) is 17.3. The number of thiocarbonyl (C=S) groups is 1. The summed E-state index contributed by atoms with van der Waals surface area (Å²) in [6.45, 7) is 0.662. The fourth-order valence-corrected chi connectivity index (χ4v) is 2.65. The Bertz CT molecular complexity index is 864. The number of methoxy groups -OCH3 is 1. The Balaban J connectivity index is 1.58. The van der Waals surface area contributed by atoms with Crippen LogP contribution >= 0.6 is 23.8 Å². The summed E-state index contributed by atoms with van der Waals surface area (Å²) in [5.74, 6) is 0.767. The molecule has 7 heteroatoms. The van der Waals surface area contributed by atoms with Gasteiger partial charge in [-0.15, -0.1) is 0 Å². The minimum Gasteiger partial charge on any atom is -0.497 e. The Kier molecular flexibility index (Phi) is 5.53. The Morgan fingerprint density at radius 3 is 2.68 bits per heavy atom. The van der Waals surface area contributed by atoms with Crippen molar-refractivity contribution in [3.8, 4) is 5.75 Å². The van der Waals surface area contributed by atoms with E-state index in [9.17, 15) is 0 Å². The van der Waals surface area contributed by atoms with Gasteiger partial charge in [-0.2, -0.15) is 5.10 Å². The molecule has 25 heavy (non-hydrogen) atoms. The van der Waals surface area contributed by atoms with Crippen molar-refractivity contribution in [3.05, 3.63) is 71.5 Å². The lowest BCUT2D eigenvalue weighted by atomic mass is 10.2. The third kappa shape index (κ3) is 4.95. The van der Waals surface area contributed by atoms with Crippen molar-refractivity contribution in [2.75, 3.05) is 17.7 Å². The van der Waals surface area contributed by atoms with E-state index in [2.05, 4.69) is 15.7 Å². The number of rotatable bonds is 5. The van der Waals surface area contributed by atoms with Crippen LogP contribution in [0.2, 0.25) is 5.02 Å². The lowest BCUT2D eigenvalue weighted by Crippen LogP contribution is -2.18. The molecule has 0 bridgehead atoms. The van der Waals surface area contributed by atoms with Crippen LogP contribution in [-0.2, 0) is 6.54 Å². The zero-order valence-corrected chi connectivity index (χ0v) is 15.1. The number of aromatic nitrogens is 2. The molecule has 2 N–H and O–H groups in total. The summed E-state index contributed by atoms with van der Waals surface area (Å²) in [6.07, 6.45) is 3.63. The van der Waals surface area contributed by atoms with Crippen LogP contribution in [0.5, 0.6) is 5.75 Å². The Morgan fingerprint density at radius 2 is 1.92 bits per heavy atom. The largest absolute Gasteiger partial charge is 0.497 e. The molecule has 1 heterocycles. The van der Waals surface area contributed by atoms with Crippen LogP contribution in [-0.4, -0.2) is 22.0 Å². The first-order valence-corrected chi connectivity index (χ1v) is 8.40. The van der Waals surface area contributed by atoms with Crippen LogP contribution in [0.3, 0.4) is 0 Å². The monoisotopic (exact) mass is 372 g/mol. The van der Waals surface area contributed by atoms with Crippen molar-refractivity contribution in [1.82, 2.24) is 9.78 Å². The van der Waals surface area contributed by atoms with Gasteiger partial charge in [-0.3, -0.25) is 4.68 Å². The van der Waals surface area contributed by atoms with E-state index in [0.29, 0.717) is 11.7 Å². The van der Waals surface area contributed by atoms with E-state index in [-0.39, 0.29) is 0 Å². The topological polar surface area (TPSA) is 51.1 Å². The second-order valence-corrected chi connectivity index (χ2v) is 6.21. The summed E-state index contributed by atoms with van der Waals surface area (Å²) >= 11 is 11.2. The standard InChI is InChI=1S/C18H17ClN4OS/c1-24-17-4-2-3-15(9-17)21-18(25)22-16-10-20-23(12-16)11-13-5-7-14(19)8-6-13/h2-10,12H,11H2,1H3,(H2,21,22,25). The minimum atomic E-state index is 0.485. The molecule has 0 saturated heterocycles. The molecule has 0 saturated carbocycles. The van der Waals surface area contributed by atoms with Gasteiger partial charge in [0.05, 0.1) is 25.5 Å². The summed E-state index contributed by atoms with van der Waals surface area (Å²) in [5, 5.41) is 11.8. The van der Waals surface area contributed by atoms with E-state index in [1.54, 1.807) is 13.3 Å². The minimum absolute atomic E-state index is 0.485. The first-order chi connectivity index (χ1) is 12.1. The third-order valence-electron chi connectivity index (χ3n) is 3.48. The van der Waals surface area contributed by atoms with Crippen molar-refractivity contribution in [3.63, 3.8) is 0 Å². The maximum absolute atomic E-state index is 5.90. The fraction of sp³-hybridized carbons (Fsp3) is 0.111. The maximum Gasteiger partial charge on any atom is 0.175 e. The first-order valence-electron chi connectivity index (χ1n) is 7.61. The van der Waals surface area contributed by atoms with Gasteiger partial charge in [-0.05, 0) is 42.0 Å². The lowest BCUT2D eigenvalue weighted by molar-refractivity contribution is 0.415. The van der Waals surface area contributed by atoms with Crippen molar-refractivity contribution < 1.29 is 4.74 Å². The predicted octanol–water partition coefficient (Wildman–Crippen LogP) is 4.40. The van der Waals surface area contributed by atoms with Gasteiger partial charge in [0.15, 0.2) is 5.11 Å². The molecule has 0 aliphatic heterocycles. The highest BCUT2D eigenvalue weighted by molar-refractivity contribution is 7.80. The molecule has 0 aliphatic carbocycles. The average molecular weight is 373 g/mol. The predicted molar refractivity (Wildman–Crippen MR) is 106 cm³/mol. The Labute approximate surface area is 156 Å². The molecule has 0 radical (unpaired) electrons. The molecule has 0 spiro atoms. The SMILES string of the molecule is COc1cccc(NC(=S)Nc2cnn(Cc3ccc(Cl)cc3)c2)c1. The van der Waals surface area contributed by atoms with E-state index in [1.807, 2.05) is 59.4 Å². The molecule has 0 unspecified atom stereocenters. The summed E-state index contributed by atoms with van der Waals surface area (Å²) < 4.78 is 7.03. The van der Waals surface area contributed by atoms with Crippen LogP contribution in [0.1, 0.15) is 5.56 Å². The third-order valence-corrected chi connectivity index (χ3v) is 3.93. The van der Waals surface area contributed by atoms with Crippen LogP contribution in [0.4, 0.5) is 11.4 Å². The van der Waals surface area contributed by atoms with Gasteiger partial charge in [0, 0.05) is 23.0 Å². The van der Waals surface area contributed by atoms with Gasteiger partial charge in [-0.25, -0.2) is 0 Å². The van der Waals surface area contributed by atoms with Crippen LogP contribution in [0.15, 0.2) is 60.9 Å². The van der Waals surface area contributed by atoms with Gasteiger partial charge in [0.1, 0.15) is 5.75 Å². The van der Waals surface area contributed by atoms with Gasteiger partial charge in [0.25, 0.3) is 0 Å². The van der Waals surface area contributed by atoms with E-state index >= 15 is 0 Å². The van der Waals surface area contributed by atoms with E-state index in [1.165, 1.54) is 0 Å². The second-order valence-electron chi connectivity index (χ2n) is 5.36. The number of hydrogen-bond acceptors (Lipinski definition) is 3. The number of halogens is 1. The molecule has 0 fully saturated rings. The number of anilines is 2. The van der Waals surface area contributed by atoms with Crippen LogP contribution < -0.4 is 15.4 Å². The van der Waals surface area contributed by atoms with Gasteiger partial charge in [0.2, 0.25) is 0 Å². The van der Waals surface area contributed by atoms with Crippen molar-refractivity contribution >= 4 is 40.3 Å². The number of nitrogens with one attached hydrogen (secondary N) is 2. The molecule has 2 aromatic carbocycles. The highest BCUT2D eigenvalue weighted by Crippen LogP contribution is 2.17. The number of ether oxygens (including phenoxy) is 1. The summed E-state index contributed by atoms with van der Waals surface area (Å²) in [6, 6.07) is 15.3. The molecule has 3 aromatic rings. The molecular weight excluding hydrogens is 356 g/mol. The number of hydrogen-bond donors (Lipinski definition) is 2. The van der Waals surface area contributed by atoms with Crippen molar-refractivity contribution in [1.29, 1.82) is 0 Å². The molecule has 5 nitrogen and oxygen atoms in total. The van der Waals surface area contributed by atoms with Gasteiger partial charge >= 0.3 is 0 Å². The van der Waals surface area contributed by atoms with E-state index < -0.39 is 0 Å². The van der Waals surface area contributed by atoms with Crippen molar-refractivity contribution in [2.24, 2.45) is 0 Å². The smallest absolute Gasteiger partial charge is 0.175 e. The quantitative estimate of drug-likeness (QED) is 0.650. The number of benzene rings is 2. The van der Waals surface area contributed by atoms with Gasteiger partial charge in [-0.1, -0.05) is 29.8 Å². The molecule has 1 aromatic heterocycles. The zero-order valence-electron chi connectivity index (χ0n) is 13.6. The molecule has 0 aliphatic rings. The summed E-state index contributed by atoms with van der Waals surface area (Å²) in [7, 11) is 1.63. The van der Waals surface area contributed by atoms with E-state index in [4.69, 9.17) is 28.6 Å². The normalized spacial score (nSPS) is 10.3. The van der Waals surface area contributed by atoms with Gasteiger partial charge < -0.3 is 15.4 Å². The van der Waals surface area contributed by atoms with Crippen molar-refractivity contribution in [2.45, 2.75) is 6.54 Å². The lowest BCUT2D eigenvalue weighted by Gasteiger charge is -2.10. The highest BCUT2D eigenvalue weighted by Gasteiger charge is 2.04.